The van der Waals surface area contributed by atoms with E-state index in [0.717, 1.165) is 6.54 Å². The lowest BCUT2D eigenvalue weighted by molar-refractivity contribution is 0.0947. The molecule has 1 aromatic rings. The Morgan fingerprint density at radius 3 is 2.72 bits per heavy atom. The van der Waals surface area contributed by atoms with Crippen LogP contribution in [0.3, 0.4) is 0 Å². The first-order valence-corrected chi connectivity index (χ1v) is 5.98. The van der Waals surface area contributed by atoms with Crippen LogP contribution in [0, 0.1) is 0 Å². The van der Waals surface area contributed by atoms with Crippen LogP contribution in [0.4, 0.5) is 5.69 Å². The Labute approximate surface area is 108 Å². The van der Waals surface area contributed by atoms with Gasteiger partial charge in [0.2, 0.25) is 0 Å². The minimum Gasteiger partial charge on any atom is -0.506 e. The minimum absolute atomic E-state index is 0.0676. The predicted octanol–water partition coefficient (Wildman–Crippen LogP) is 1.04. The van der Waals surface area contributed by atoms with Crippen molar-refractivity contribution in [1.82, 2.24) is 10.2 Å². The van der Waals surface area contributed by atoms with Crippen molar-refractivity contribution >= 4 is 11.6 Å². The number of likely N-dealkylation sites (N-methyl/N-ethyl adjacent to an activating group) is 1. The summed E-state index contributed by atoms with van der Waals surface area (Å²) in [6.45, 7) is 5.54. The minimum atomic E-state index is -0.206. The van der Waals surface area contributed by atoms with Gasteiger partial charge in [0.15, 0.2) is 0 Å². The van der Waals surface area contributed by atoms with Crippen LogP contribution >= 0.6 is 0 Å². The standard InChI is InChI=1S/C13H21N3O2/c1-9(2)16(3)7-6-15-13(18)10-4-5-11(14)12(17)8-10/h4-5,8-9,17H,6-7,14H2,1-3H3,(H,15,18). The monoisotopic (exact) mass is 251 g/mol. The number of nitrogens with two attached hydrogens (primary N) is 1. The molecule has 5 heteroatoms. The molecule has 0 atom stereocenters. The molecule has 4 N–H and O–H groups in total. The topological polar surface area (TPSA) is 78.6 Å². The van der Waals surface area contributed by atoms with Crippen LogP contribution in [0.15, 0.2) is 18.2 Å². The van der Waals surface area contributed by atoms with E-state index in [-0.39, 0.29) is 17.3 Å². The molecular weight excluding hydrogens is 230 g/mol. The van der Waals surface area contributed by atoms with Gasteiger partial charge >= 0.3 is 0 Å². The van der Waals surface area contributed by atoms with Crippen LogP contribution < -0.4 is 11.1 Å². The number of carbonyl (C=O) groups excluding carboxylic acids is 1. The molecule has 1 aromatic carbocycles. The fraction of sp³-hybridized carbons (Fsp3) is 0.462. The Morgan fingerprint density at radius 2 is 2.17 bits per heavy atom. The van der Waals surface area contributed by atoms with E-state index in [2.05, 4.69) is 24.1 Å². The van der Waals surface area contributed by atoms with Crippen LogP contribution in [0.5, 0.6) is 5.75 Å². The first kappa shape index (κ1) is 14.3. The van der Waals surface area contributed by atoms with E-state index in [1.165, 1.54) is 12.1 Å². The molecule has 1 amide bonds. The van der Waals surface area contributed by atoms with Gasteiger partial charge < -0.3 is 21.1 Å². The number of phenolic OH excluding ortho intramolecular Hbond substituents is 1. The lowest BCUT2D eigenvalue weighted by atomic mass is 10.2. The predicted molar refractivity (Wildman–Crippen MR) is 72.6 cm³/mol. The summed E-state index contributed by atoms with van der Waals surface area (Å²) in [5, 5.41) is 12.2. The van der Waals surface area contributed by atoms with Gasteiger partial charge in [-0.15, -0.1) is 0 Å². The van der Waals surface area contributed by atoms with Crippen molar-refractivity contribution in [3.05, 3.63) is 23.8 Å². The fourth-order valence-corrected chi connectivity index (χ4v) is 1.39. The van der Waals surface area contributed by atoms with Crippen molar-refractivity contribution in [3.8, 4) is 5.75 Å². The molecule has 0 aliphatic heterocycles. The molecular formula is C13H21N3O2. The Balaban J connectivity index is 2.48. The van der Waals surface area contributed by atoms with Crippen molar-refractivity contribution in [3.63, 3.8) is 0 Å². The van der Waals surface area contributed by atoms with Crippen molar-refractivity contribution in [1.29, 1.82) is 0 Å². The molecule has 0 saturated carbocycles. The molecule has 18 heavy (non-hydrogen) atoms. The van der Waals surface area contributed by atoms with E-state index in [1.807, 2.05) is 7.05 Å². The summed E-state index contributed by atoms with van der Waals surface area (Å²) in [7, 11) is 2.01. The molecule has 0 fully saturated rings. The average molecular weight is 251 g/mol. The number of rotatable bonds is 5. The highest BCUT2D eigenvalue weighted by molar-refractivity contribution is 5.95. The molecule has 100 valence electrons. The normalized spacial score (nSPS) is 10.9. The van der Waals surface area contributed by atoms with Crippen molar-refractivity contribution < 1.29 is 9.90 Å². The number of nitrogens with one attached hydrogen (secondary N) is 1. The second kappa shape index (κ2) is 6.26. The number of aromatic hydroxyl groups is 1. The lowest BCUT2D eigenvalue weighted by Crippen LogP contribution is -2.36. The van der Waals surface area contributed by atoms with Crippen molar-refractivity contribution in [2.75, 3.05) is 25.9 Å². The van der Waals surface area contributed by atoms with Gasteiger partial charge in [-0.2, -0.15) is 0 Å². The molecule has 0 aromatic heterocycles. The number of amides is 1. The van der Waals surface area contributed by atoms with E-state index in [9.17, 15) is 9.90 Å². The largest absolute Gasteiger partial charge is 0.506 e. The molecule has 0 heterocycles. The maximum absolute atomic E-state index is 11.8. The van der Waals surface area contributed by atoms with Crippen LogP contribution in [-0.4, -0.2) is 42.1 Å². The summed E-state index contributed by atoms with van der Waals surface area (Å²) in [6.07, 6.45) is 0. The molecule has 0 aliphatic rings. The highest BCUT2D eigenvalue weighted by atomic mass is 16.3. The van der Waals surface area contributed by atoms with Gasteiger partial charge in [0.25, 0.3) is 5.91 Å². The number of benzene rings is 1. The average Bonchev–Trinajstić information content (AvgIpc) is 2.32. The van der Waals surface area contributed by atoms with Gasteiger partial charge in [0.1, 0.15) is 5.75 Å². The summed E-state index contributed by atoms with van der Waals surface area (Å²) in [5.41, 5.74) is 6.15. The zero-order valence-electron chi connectivity index (χ0n) is 11.1. The van der Waals surface area contributed by atoms with Gasteiger partial charge in [0, 0.05) is 24.7 Å². The first-order valence-electron chi connectivity index (χ1n) is 5.98. The fourth-order valence-electron chi connectivity index (χ4n) is 1.39. The summed E-state index contributed by atoms with van der Waals surface area (Å²) in [5.74, 6) is -0.274. The zero-order chi connectivity index (χ0) is 13.7. The number of anilines is 1. The molecule has 5 nitrogen and oxygen atoms in total. The lowest BCUT2D eigenvalue weighted by Gasteiger charge is -2.20. The number of carbonyl (C=O) groups is 1. The van der Waals surface area contributed by atoms with Gasteiger partial charge in [0.05, 0.1) is 5.69 Å². The molecule has 0 bridgehead atoms. The quantitative estimate of drug-likeness (QED) is 0.540. The van der Waals surface area contributed by atoms with Crippen LogP contribution in [0.1, 0.15) is 24.2 Å². The summed E-state index contributed by atoms with van der Waals surface area (Å²) in [4.78, 5) is 13.9. The molecule has 0 unspecified atom stereocenters. The van der Waals surface area contributed by atoms with Crippen molar-refractivity contribution in [2.24, 2.45) is 0 Å². The highest BCUT2D eigenvalue weighted by Gasteiger charge is 2.08. The third-order valence-corrected chi connectivity index (χ3v) is 2.92. The number of phenols is 1. The summed E-state index contributed by atoms with van der Waals surface area (Å²) < 4.78 is 0. The third-order valence-electron chi connectivity index (χ3n) is 2.92. The molecule has 0 radical (unpaired) electrons. The SMILES string of the molecule is CC(C)N(C)CCNC(=O)c1ccc(N)c(O)c1. The first-order chi connectivity index (χ1) is 8.41. The Kier molecular flexibility index (Phi) is 4.97. The zero-order valence-corrected chi connectivity index (χ0v) is 11.1. The number of hydrogen-bond donors (Lipinski definition) is 3. The van der Waals surface area contributed by atoms with Crippen molar-refractivity contribution in [2.45, 2.75) is 19.9 Å². The van der Waals surface area contributed by atoms with Crippen LogP contribution in [0.2, 0.25) is 0 Å². The second-order valence-electron chi connectivity index (χ2n) is 4.60. The Hall–Kier alpha value is -1.75. The van der Waals surface area contributed by atoms with E-state index in [4.69, 9.17) is 5.73 Å². The number of nitrogen functional groups attached to an aromatic ring is 1. The Morgan fingerprint density at radius 1 is 1.50 bits per heavy atom. The van der Waals surface area contributed by atoms with E-state index in [1.54, 1.807) is 6.07 Å². The van der Waals surface area contributed by atoms with E-state index >= 15 is 0 Å². The summed E-state index contributed by atoms with van der Waals surface area (Å²) in [6, 6.07) is 4.93. The molecule has 1 rings (SSSR count). The summed E-state index contributed by atoms with van der Waals surface area (Å²) >= 11 is 0. The van der Waals surface area contributed by atoms with Crippen LogP contribution in [0.25, 0.3) is 0 Å². The highest BCUT2D eigenvalue weighted by Crippen LogP contribution is 2.20. The number of nitrogens with zero attached hydrogens (tertiary/aromatic N) is 1. The molecule has 0 aliphatic carbocycles. The molecule has 0 spiro atoms. The maximum atomic E-state index is 11.8. The number of hydrogen-bond acceptors (Lipinski definition) is 4. The second-order valence-corrected chi connectivity index (χ2v) is 4.60. The molecule has 0 saturated heterocycles. The van der Waals surface area contributed by atoms with Gasteiger partial charge in [-0.05, 0) is 39.1 Å². The van der Waals surface area contributed by atoms with Crippen LogP contribution in [-0.2, 0) is 0 Å². The van der Waals surface area contributed by atoms with Gasteiger partial charge in [-0.3, -0.25) is 4.79 Å². The third kappa shape index (κ3) is 3.92. The Bertz CT molecular complexity index is 419. The van der Waals surface area contributed by atoms with Gasteiger partial charge in [-0.1, -0.05) is 0 Å². The maximum Gasteiger partial charge on any atom is 0.251 e. The van der Waals surface area contributed by atoms with E-state index < -0.39 is 0 Å². The van der Waals surface area contributed by atoms with Gasteiger partial charge in [-0.25, -0.2) is 0 Å². The van der Waals surface area contributed by atoms with E-state index in [0.29, 0.717) is 18.2 Å². The smallest absolute Gasteiger partial charge is 0.251 e.